The van der Waals surface area contributed by atoms with Crippen molar-refractivity contribution in [2.45, 2.75) is 31.8 Å². The Bertz CT molecular complexity index is 324. The quantitative estimate of drug-likeness (QED) is 0.167. The van der Waals surface area contributed by atoms with E-state index in [4.69, 9.17) is 21.7 Å². The maximum Gasteiger partial charge on any atom is 0.320 e. The highest BCUT2D eigenvalue weighted by molar-refractivity contribution is 7.98. The highest BCUT2D eigenvalue weighted by Gasteiger charge is 2.10. The zero-order valence-electron chi connectivity index (χ0n) is 10.00. The van der Waals surface area contributed by atoms with Gasteiger partial charge in [0.25, 0.3) is 0 Å². The molecule has 0 radical (unpaired) electrons. The molecule has 0 aromatic heterocycles. The van der Waals surface area contributed by atoms with E-state index in [9.17, 15) is 9.59 Å². The van der Waals surface area contributed by atoms with E-state index in [-0.39, 0.29) is 24.8 Å². The predicted molar refractivity (Wildman–Crippen MR) is 69.2 cm³/mol. The summed E-state index contributed by atoms with van der Waals surface area (Å²) < 4.78 is 3.86. The molecule has 0 bridgehead atoms. The summed E-state index contributed by atoms with van der Waals surface area (Å²) >= 11 is 1.08. The van der Waals surface area contributed by atoms with Crippen molar-refractivity contribution in [3.63, 3.8) is 0 Å². The van der Waals surface area contributed by atoms with Gasteiger partial charge in [0.1, 0.15) is 6.04 Å². The van der Waals surface area contributed by atoms with Crippen molar-refractivity contribution in [2.24, 2.45) is 15.9 Å². The van der Waals surface area contributed by atoms with Crippen molar-refractivity contribution in [1.29, 1.82) is 0 Å². The molecule has 2 atom stereocenters. The third-order valence-electron chi connectivity index (χ3n) is 1.88. The molecule has 0 aromatic rings. The standard InChI is InChI=1S/C9H18N4O4S/c1-5(4-7(14)15)12-9(11)13-18-3-2-6(10)8(16)17/h5-6H,2-4,10H2,1H3,(H,14,15)(H,16,17)(H3,11,12,13). The van der Waals surface area contributed by atoms with E-state index >= 15 is 0 Å². The molecule has 9 heteroatoms. The summed E-state index contributed by atoms with van der Waals surface area (Å²) in [4.78, 5) is 20.8. The molecule has 0 aromatic carbocycles. The smallest absolute Gasteiger partial charge is 0.320 e. The lowest BCUT2D eigenvalue weighted by Crippen LogP contribution is -2.39. The van der Waals surface area contributed by atoms with Crippen LogP contribution in [0.2, 0.25) is 0 Å². The first kappa shape index (κ1) is 16.5. The van der Waals surface area contributed by atoms with E-state index in [1.54, 1.807) is 6.92 Å². The van der Waals surface area contributed by atoms with E-state index in [1.807, 2.05) is 0 Å². The number of aliphatic carboxylic acids is 2. The molecule has 0 rings (SSSR count). The van der Waals surface area contributed by atoms with Crippen LogP contribution in [-0.2, 0) is 9.59 Å². The lowest BCUT2D eigenvalue weighted by Gasteiger charge is -2.11. The molecule has 0 aliphatic carbocycles. The van der Waals surface area contributed by atoms with E-state index in [2.05, 4.69) is 9.71 Å². The summed E-state index contributed by atoms with van der Waals surface area (Å²) in [5, 5.41) is 19.8. The number of nitrogens with one attached hydrogen (secondary N) is 1. The molecule has 8 nitrogen and oxygen atoms in total. The fourth-order valence-electron chi connectivity index (χ4n) is 1.01. The number of nitrogens with two attached hydrogens (primary N) is 2. The van der Waals surface area contributed by atoms with Crippen molar-refractivity contribution in [3.05, 3.63) is 0 Å². The first-order valence-corrected chi connectivity index (χ1v) is 6.19. The molecule has 2 unspecified atom stereocenters. The van der Waals surface area contributed by atoms with Gasteiger partial charge < -0.3 is 27.0 Å². The summed E-state index contributed by atoms with van der Waals surface area (Å²) in [5.74, 6) is -1.45. The highest BCUT2D eigenvalue weighted by atomic mass is 32.2. The Kier molecular flexibility index (Phi) is 7.88. The molecule has 104 valence electrons. The summed E-state index contributed by atoms with van der Waals surface area (Å²) in [5.41, 5.74) is 10.8. The molecular formula is C9H18N4O4S. The molecule has 0 saturated heterocycles. The summed E-state index contributed by atoms with van der Waals surface area (Å²) in [6, 6.07) is -1.24. The predicted octanol–water partition coefficient (Wildman–Crippen LogP) is -0.796. The lowest BCUT2D eigenvalue weighted by atomic mass is 10.2. The molecule has 18 heavy (non-hydrogen) atoms. The second kappa shape index (κ2) is 8.59. The Balaban J connectivity index is 3.84. The Morgan fingerprint density at radius 3 is 2.56 bits per heavy atom. The van der Waals surface area contributed by atoms with Crippen LogP contribution in [0.3, 0.4) is 0 Å². The van der Waals surface area contributed by atoms with Gasteiger partial charge in [-0.2, -0.15) is 4.40 Å². The fourth-order valence-corrected chi connectivity index (χ4v) is 1.65. The Morgan fingerprint density at radius 2 is 2.06 bits per heavy atom. The van der Waals surface area contributed by atoms with Crippen LogP contribution in [0.1, 0.15) is 19.8 Å². The van der Waals surface area contributed by atoms with Crippen LogP contribution < -0.4 is 16.8 Å². The van der Waals surface area contributed by atoms with Crippen LogP contribution >= 0.6 is 11.9 Å². The Labute approximate surface area is 109 Å². The monoisotopic (exact) mass is 278 g/mol. The van der Waals surface area contributed by atoms with Gasteiger partial charge in [-0.25, -0.2) is 0 Å². The SMILES string of the molecule is CC(CC(=O)O)NC(N)=NSCCC(N)C(=O)O. The van der Waals surface area contributed by atoms with Gasteiger partial charge in [-0.15, -0.1) is 0 Å². The van der Waals surface area contributed by atoms with Crippen LogP contribution in [0.15, 0.2) is 4.40 Å². The second-order valence-corrected chi connectivity index (χ2v) is 4.54. The minimum atomic E-state index is -1.05. The molecule has 7 N–H and O–H groups in total. The molecule has 0 aliphatic heterocycles. The number of carbonyl (C=O) groups is 2. The summed E-state index contributed by atoms with van der Waals surface area (Å²) in [6.45, 7) is 1.67. The lowest BCUT2D eigenvalue weighted by molar-refractivity contribution is -0.139. The molecule has 0 spiro atoms. The van der Waals surface area contributed by atoms with Crippen molar-refractivity contribution < 1.29 is 19.8 Å². The van der Waals surface area contributed by atoms with E-state index in [1.165, 1.54) is 0 Å². The Morgan fingerprint density at radius 1 is 1.44 bits per heavy atom. The fraction of sp³-hybridized carbons (Fsp3) is 0.667. The van der Waals surface area contributed by atoms with Crippen LogP contribution in [0, 0.1) is 0 Å². The van der Waals surface area contributed by atoms with Gasteiger partial charge in [0.15, 0.2) is 0 Å². The van der Waals surface area contributed by atoms with Gasteiger partial charge >= 0.3 is 11.9 Å². The van der Waals surface area contributed by atoms with Crippen molar-refractivity contribution in [2.75, 3.05) is 5.75 Å². The third kappa shape index (κ3) is 8.65. The number of nitrogens with zero attached hydrogens (tertiary/aromatic N) is 1. The number of guanidine groups is 1. The van der Waals surface area contributed by atoms with Gasteiger partial charge in [-0.1, -0.05) is 0 Å². The second-order valence-electron chi connectivity index (χ2n) is 3.69. The highest BCUT2D eigenvalue weighted by Crippen LogP contribution is 2.05. The molecule has 0 amide bonds. The number of carboxylic acid groups (broad SMARTS) is 2. The topological polar surface area (TPSA) is 151 Å². The van der Waals surface area contributed by atoms with Crippen LogP contribution in [-0.4, -0.2) is 45.9 Å². The first-order valence-electron chi connectivity index (χ1n) is 5.25. The molecule has 0 fully saturated rings. The molecule has 0 saturated carbocycles. The zero-order chi connectivity index (χ0) is 14.1. The van der Waals surface area contributed by atoms with Crippen LogP contribution in [0.5, 0.6) is 0 Å². The third-order valence-corrected chi connectivity index (χ3v) is 2.62. The minimum absolute atomic E-state index is 0.0647. The summed E-state index contributed by atoms with van der Waals surface area (Å²) in [7, 11) is 0. The minimum Gasteiger partial charge on any atom is -0.481 e. The number of rotatable bonds is 8. The first-order chi connectivity index (χ1) is 8.32. The number of hydrogen-bond acceptors (Lipinski definition) is 5. The average molecular weight is 278 g/mol. The van der Waals surface area contributed by atoms with Crippen LogP contribution in [0.25, 0.3) is 0 Å². The van der Waals surface area contributed by atoms with Crippen LogP contribution in [0.4, 0.5) is 0 Å². The average Bonchev–Trinajstić information content (AvgIpc) is 2.22. The van der Waals surface area contributed by atoms with E-state index in [0.29, 0.717) is 5.75 Å². The largest absolute Gasteiger partial charge is 0.481 e. The summed E-state index contributed by atoms with van der Waals surface area (Å²) in [6.07, 6.45) is 0.215. The van der Waals surface area contributed by atoms with Gasteiger partial charge in [0.2, 0.25) is 5.96 Å². The van der Waals surface area contributed by atoms with E-state index in [0.717, 1.165) is 11.9 Å². The molecule has 0 heterocycles. The van der Waals surface area contributed by atoms with Crippen molar-refractivity contribution >= 4 is 29.8 Å². The van der Waals surface area contributed by atoms with Crippen molar-refractivity contribution in [3.8, 4) is 0 Å². The zero-order valence-corrected chi connectivity index (χ0v) is 10.8. The maximum atomic E-state index is 10.4. The Hall–Kier alpha value is -1.48. The van der Waals surface area contributed by atoms with Gasteiger partial charge in [-0.3, -0.25) is 9.59 Å². The number of hydrogen-bond donors (Lipinski definition) is 5. The molecular weight excluding hydrogens is 260 g/mol. The van der Waals surface area contributed by atoms with E-state index < -0.39 is 18.0 Å². The van der Waals surface area contributed by atoms with Crippen molar-refractivity contribution in [1.82, 2.24) is 5.32 Å². The van der Waals surface area contributed by atoms with Gasteiger partial charge in [0, 0.05) is 11.8 Å². The van der Waals surface area contributed by atoms with Gasteiger partial charge in [0.05, 0.1) is 6.42 Å². The number of carboxylic acids is 2. The maximum absolute atomic E-state index is 10.4. The molecule has 0 aliphatic rings. The normalized spacial score (nSPS) is 14.9. The van der Waals surface area contributed by atoms with Gasteiger partial charge in [-0.05, 0) is 25.3 Å².